The van der Waals surface area contributed by atoms with E-state index in [9.17, 15) is 9.59 Å². The maximum Gasteiger partial charge on any atom is 0.317 e. The van der Waals surface area contributed by atoms with Gasteiger partial charge in [0.25, 0.3) is 0 Å². The van der Waals surface area contributed by atoms with Crippen molar-refractivity contribution >= 4 is 34.4 Å². The van der Waals surface area contributed by atoms with Crippen LogP contribution in [0.1, 0.15) is 24.3 Å². The van der Waals surface area contributed by atoms with Crippen molar-refractivity contribution in [3.05, 3.63) is 53.0 Å². The molecule has 0 saturated carbocycles. The van der Waals surface area contributed by atoms with Gasteiger partial charge in [-0.1, -0.05) is 16.8 Å². The molecule has 2 aromatic heterocycles. The molecule has 1 fully saturated rings. The zero-order valence-electron chi connectivity index (χ0n) is 16.7. The van der Waals surface area contributed by atoms with Crippen LogP contribution in [0.5, 0.6) is 0 Å². The van der Waals surface area contributed by atoms with E-state index in [4.69, 9.17) is 16.1 Å². The summed E-state index contributed by atoms with van der Waals surface area (Å²) in [6.07, 6.45) is 3.43. The third kappa shape index (κ3) is 4.59. The van der Waals surface area contributed by atoms with Crippen LogP contribution in [0.3, 0.4) is 0 Å². The molecule has 4 rings (SSSR count). The second kappa shape index (κ2) is 8.79. The fraction of sp³-hybridized carbons (Fsp3) is 0.381. The molecule has 1 aliphatic rings. The van der Waals surface area contributed by atoms with E-state index in [0.717, 1.165) is 29.4 Å². The fourth-order valence-corrected chi connectivity index (χ4v) is 3.99. The van der Waals surface area contributed by atoms with E-state index in [-0.39, 0.29) is 24.4 Å². The highest BCUT2D eigenvalue weighted by Gasteiger charge is 2.28. The number of aromatic amines is 1. The van der Waals surface area contributed by atoms with E-state index in [1.165, 1.54) is 6.20 Å². The van der Waals surface area contributed by atoms with Crippen molar-refractivity contribution in [2.75, 3.05) is 20.1 Å². The van der Waals surface area contributed by atoms with Gasteiger partial charge in [-0.2, -0.15) is 0 Å². The lowest BCUT2D eigenvalue weighted by Crippen LogP contribution is -2.52. The first-order valence-electron chi connectivity index (χ1n) is 9.95. The molecule has 1 aromatic carbocycles. The van der Waals surface area contributed by atoms with Crippen LogP contribution < -0.4 is 5.32 Å². The summed E-state index contributed by atoms with van der Waals surface area (Å²) in [6.45, 7) is 1.59. The number of hydrogen-bond acceptors (Lipinski definition) is 4. The minimum Gasteiger partial charge on any atom is -0.361 e. The van der Waals surface area contributed by atoms with Crippen LogP contribution in [0.15, 0.2) is 41.1 Å². The predicted molar refractivity (Wildman–Crippen MR) is 113 cm³/mol. The smallest absolute Gasteiger partial charge is 0.317 e. The van der Waals surface area contributed by atoms with Crippen molar-refractivity contribution in [3.8, 4) is 0 Å². The predicted octanol–water partition coefficient (Wildman–Crippen LogP) is 3.18. The first-order valence-corrected chi connectivity index (χ1v) is 10.3. The molecule has 1 atom stereocenters. The number of hydrogen-bond donors (Lipinski definition) is 2. The minimum absolute atomic E-state index is 0.0120. The van der Waals surface area contributed by atoms with Crippen LogP contribution in [0, 0.1) is 0 Å². The van der Waals surface area contributed by atoms with Gasteiger partial charge in [0.15, 0.2) is 0 Å². The van der Waals surface area contributed by atoms with Crippen LogP contribution in [-0.4, -0.2) is 58.1 Å². The van der Waals surface area contributed by atoms with Crippen molar-refractivity contribution in [1.29, 1.82) is 0 Å². The molecule has 0 aliphatic carbocycles. The summed E-state index contributed by atoms with van der Waals surface area (Å²) >= 11 is 6.03. The summed E-state index contributed by atoms with van der Waals surface area (Å²) in [5, 5.41) is 8.27. The number of carbonyl (C=O) groups is 2. The first kappa shape index (κ1) is 20.3. The molecular weight excluding hydrogens is 406 g/mol. The molecule has 158 valence electrons. The number of aromatic nitrogens is 2. The monoisotopic (exact) mass is 429 g/mol. The molecule has 9 heteroatoms. The SMILES string of the molecule is CN(C(=O)NCc1cc2cc(Cl)ccc2[nH]1)[C@@H]1CCCN(C(=O)Cc2ccno2)C1. The van der Waals surface area contributed by atoms with E-state index < -0.39 is 0 Å². The topological polar surface area (TPSA) is 94.5 Å². The lowest BCUT2D eigenvalue weighted by atomic mass is 10.0. The van der Waals surface area contributed by atoms with Crippen LogP contribution in [-0.2, 0) is 17.8 Å². The minimum atomic E-state index is -0.166. The van der Waals surface area contributed by atoms with Crippen LogP contribution in [0.25, 0.3) is 10.9 Å². The average molecular weight is 430 g/mol. The number of halogens is 1. The van der Waals surface area contributed by atoms with Gasteiger partial charge in [-0.25, -0.2) is 4.79 Å². The third-order valence-electron chi connectivity index (χ3n) is 5.50. The summed E-state index contributed by atoms with van der Waals surface area (Å²) < 4.78 is 5.03. The Balaban J connectivity index is 1.31. The van der Waals surface area contributed by atoms with Crippen LogP contribution in [0.4, 0.5) is 4.79 Å². The zero-order valence-corrected chi connectivity index (χ0v) is 17.5. The van der Waals surface area contributed by atoms with E-state index in [1.54, 1.807) is 22.9 Å². The average Bonchev–Trinajstić information content (AvgIpc) is 3.40. The molecular formula is C21H24ClN5O3. The standard InChI is InChI=1S/C21H24ClN5O3/c1-26(17-3-2-8-27(13-17)20(28)11-18-6-7-24-30-18)21(29)23-12-16-10-14-9-15(22)4-5-19(14)25-16/h4-7,9-10,17,25H,2-3,8,11-13H2,1H3,(H,23,29)/t17-/m1/s1. The summed E-state index contributed by atoms with van der Waals surface area (Å²) in [4.78, 5) is 32.0. The molecule has 0 radical (unpaired) electrons. The fourth-order valence-electron chi connectivity index (χ4n) is 3.81. The Morgan fingerprint density at radius 1 is 1.37 bits per heavy atom. The highest BCUT2D eigenvalue weighted by atomic mass is 35.5. The molecule has 0 spiro atoms. The number of likely N-dealkylation sites (tertiary alicyclic amines) is 1. The molecule has 2 N–H and O–H groups in total. The number of fused-ring (bicyclic) bond motifs is 1. The lowest BCUT2D eigenvalue weighted by Gasteiger charge is -2.37. The van der Waals surface area contributed by atoms with E-state index in [0.29, 0.717) is 30.4 Å². The van der Waals surface area contributed by atoms with Gasteiger partial charge in [0, 0.05) is 47.8 Å². The Morgan fingerprint density at radius 3 is 3.03 bits per heavy atom. The number of benzene rings is 1. The van der Waals surface area contributed by atoms with Crippen molar-refractivity contribution in [1.82, 2.24) is 25.3 Å². The number of piperidine rings is 1. The summed E-state index contributed by atoms with van der Waals surface area (Å²) in [7, 11) is 1.77. The van der Waals surface area contributed by atoms with Gasteiger partial charge in [-0.3, -0.25) is 4.79 Å². The molecule has 1 aliphatic heterocycles. The molecule has 3 heterocycles. The summed E-state index contributed by atoms with van der Waals surface area (Å²) in [5.74, 6) is 0.537. The van der Waals surface area contributed by atoms with E-state index >= 15 is 0 Å². The Morgan fingerprint density at radius 2 is 2.23 bits per heavy atom. The van der Waals surface area contributed by atoms with Gasteiger partial charge in [-0.15, -0.1) is 0 Å². The lowest BCUT2D eigenvalue weighted by molar-refractivity contribution is -0.132. The number of likely N-dealkylation sites (N-methyl/N-ethyl adjacent to an activating group) is 1. The van der Waals surface area contributed by atoms with Crippen molar-refractivity contribution < 1.29 is 14.1 Å². The number of urea groups is 1. The molecule has 30 heavy (non-hydrogen) atoms. The maximum absolute atomic E-state index is 12.7. The van der Waals surface area contributed by atoms with Crippen molar-refractivity contribution in [3.63, 3.8) is 0 Å². The Labute approximate surface area is 179 Å². The number of amides is 3. The van der Waals surface area contributed by atoms with E-state index in [2.05, 4.69) is 15.5 Å². The molecule has 8 nitrogen and oxygen atoms in total. The van der Waals surface area contributed by atoms with Crippen molar-refractivity contribution in [2.45, 2.75) is 31.8 Å². The van der Waals surface area contributed by atoms with Crippen molar-refractivity contribution in [2.24, 2.45) is 0 Å². The number of H-pyrrole nitrogens is 1. The molecule has 3 aromatic rings. The summed E-state index contributed by atoms with van der Waals surface area (Å²) in [6, 6.07) is 9.11. The second-order valence-corrected chi connectivity index (χ2v) is 8.02. The quantitative estimate of drug-likeness (QED) is 0.651. The number of carbonyl (C=O) groups excluding carboxylic acids is 2. The summed E-state index contributed by atoms with van der Waals surface area (Å²) in [5.41, 5.74) is 1.88. The number of rotatable bonds is 5. The largest absolute Gasteiger partial charge is 0.361 e. The zero-order chi connectivity index (χ0) is 21.1. The Bertz CT molecular complexity index is 1030. The molecule has 1 saturated heterocycles. The van der Waals surface area contributed by atoms with Gasteiger partial charge < -0.3 is 24.6 Å². The van der Waals surface area contributed by atoms with Gasteiger partial charge in [-0.05, 0) is 37.1 Å². The maximum atomic E-state index is 12.7. The van der Waals surface area contributed by atoms with Crippen LogP contribution in [0.2, 0.25) is 5.02 Å². The van der Waals surface area contributed by atoms with Gasteiger partial charge in [0.2, 0.25) is 5.91 Å². The highest BCUT2D eigenvalue weighted by molar-refractivity contribution is 6.31. The second-order valence-electron chi connectivity index (χ2n) is 7.59. The number of nitrogens with zero attached hydrogens (tertiary/aromatic N) is 3. The van der Waals surface area contributed by atoms with Gasteiger partial charge in [0.1, 0.15) is 5.76 Å². The van der Waals surface area contributed by atoms with Gasteiger partial charge >= 0.3 is 6.03 Å². The molecule has 0 bridgehead atoms. The molecule has 0 unspecified atom stereocenters. The van der Waals surface area contributed by atoms with Gasteiger partial charge in [0.05, 0.1) is 25.2 Å². The Hall–Kier alpha value is -3.00. The molecule has 3 amide bonds. The highest BCUT2D eigenvalue weighted by Crippen LogP contribution is 2.20. The Kier molecular flexibility index (Phi) is 5.94. The number of nitrogens with one attached hydrogen (secondary N) is 2. The van der Waals surface area contributed by atoms with E-state index in [1.807, 2.05) is 24.3 Å². The first-order chi connectivity index (χ1) is 14.5. The third-order valence-corrected chi connectivity index (χ3v) is 5.74. The van der Waals surface area contributed by atoms with Crippen LogP contribution >= 0.6 is 11.6 Å². The normalized spacial score (nSPS) is 16.6.